The molecule has 31 heavy (non-hydrogen) atoms. The molecule has 0 aromatic heterocycles. The normalized spacial score (nSPS) is 13.8. The van der Waals surface area contributed by atoms with E-state index in [0.717, 1.165) is 59.6 Å². The Morgan fingerprint density at radius 1 is 0.839 bits per heavy atom. The minimum absolute atomic E-state index is 0.423. The van der Waals surface area contributed by atoms with Crippen LogP contribution in [-0.4, -0.2) is 26.3 Å². The molecule has 1 saturated heterocycles. The molecule has 0 saturated carbocycles. The number of morpholine rings is 1. The average molecular weight is 478 g/mol. The maximum Gasteiger partial charge on any atom is 0.120 e. The number of nitrogens with zero attached hydrogens (tertiary/aromatic N) is 1. The number of rotatable bonds is 7. The molecule has 0 unspecified atom stereocenters. The van der Waals surface area contributed by atoms with Crippen LogP contribution in [0.2, 0.25) is 15.1 Å². The van der Waals surface area contributed by atoms with E-state index >= 15 is 0 Å². The van der Waals surface area contributed by atoms with E-state index in [2.05, 4.69) is 28.4 Å². The third-order valence-corrected chi connectivity index (χ3v) is 6.13. The number of benzene rings is 3. The summed E-state index contributed by atoms with van der Waals surface area (Å²) in [4.78, 5) is 2.25. The molecule has 0 radical (unpaired) electrons. The van der Waals surface area contributed by atoms with Gasteiger partial charge in [0.1, 0.15) is 12.4 Å². The predicted octanol–water partition coefficient (Wildman–Crippen LogP) is 6.67. The molecule has 1 fully saturated rings. The van der Waals surface area contributed by atoms with E-state index < -0.39 is 0 Å². The molecule has 0 amide bonds. The lowest BCUT2D eigenvalue weighted by atomic mass is 10.2. The van der Waals surface area contributed by atoms with Crippen LogP contribution in [0.15, 0.2) is 60.7 Å². The Bertz CT molecular complexity index is 1040. The molecule has 0 spiro atoms. The van der Waals surface area contributed by atoms with E-state index in [9.17, 15) is 0 Å². The molecule has 1 heterocycles. The SMILES string of the molecule is Clc1ccc(COc2cccc(CNc3ccc(N4CCOCC4)c(Cl)c3)c2)cc1Cl. The van der Waals surface area contributed by atoms with Gasteiger partial charge in [-0.15, -0.1) is 0 Å². The Kier molecular flexibility index (Phi) is 7.46. The Morgan fingerprint density at radius 3 is 2.45 bits per heavy atom. The fraction of sp³-hybridized carbons (Fsp3) is 0.250. The van der Waals surface area contributed by atoms with Crippen LogP contribution >= 0.6 is 34.8 Å². The molecular formula is C24H23Cl3N2O2. The first kappa shape index (κ1) is 22.1. The smallest absolute Gasteiger partial charge is 0.120 e. The second kappa shape index (κ2) is 10.5. The second-order valence-corrected chi connectivity index (χ2v) is 8.53. The summed E-state index contributed by atoms with van der Waals surface area (Å²) in [5.74, 6) is 0.797. The van der Waals surface area contributed by atoms with Crippen LogP contribution in [0.25, 0.3) is 0 Å². The molecule has 3 aromatic carbocycles. The number of hydrogen-bond donors (Lipinski definition) is 1. The van der Waals surface area contributed by atoms with Gasteiger partial charge in [-0.05, 0) is 53.6 Å². The Labute approximate surface area is 197 Å². The van der Waals surface area contributed by atoms with Crippen LogP contribution in [0.1, 0.15) is 11.1 Å². The van der Waals surface area contributed by atoms with Crippen LogP contribution in [0.5, 0.6) is 5.75 Å². The highest BCUT2D eigenvalue weighted by molar-refractivity contribution is 6.42. The highest BCUT2D eigenvalue weighted by atomic mass is 35.5. The van der Waals surface area contributed by atoms with Crippen molar-refractivity contribution in [2.24, 2.45) is 0 Å². The van der Waals surface area contributed by atoms with Crippen molar-refractivity contribution in [1.29, 1.82) is 0 Å². The number of anilines is 2. The molecule has 3 aromatic rings. The Hall–Kier alpha value is -2.11. The van der Waals surface area contributed by atoms with Crippen molar-refractivity contribution in [1.82, 2.24) is 0 Å². The summed E-state index contributed by atoms with van der Waals surface area (Å²) in [6, 6.07) is 19.6. The number of halogens is 3. The minimum Gasteiger partial charge on any atom is -0.489 e. The summed E-state index contributed by atoms with van der Waals surface area (Å²) in [6.07, 6.45) is 0. The van der Waals surface area contributed by atoms with Gasteiger partial charge >= 0.3 is 0 Å². The predicted molar refractivity (Wildman–Crippen MR) is 129 cm³/mol. The molecule has 7 heteroatoms. The van der Waals surface area contributed by atoms with Crippen molar-refractivity contribution in [3.63, 3.8) is 0 Å². The van der Waals surface area contributed by atoms with E-state index in [0.29, 0.717) is 23.2 Å². The monoisotopic (exact) mass is 476 g/mol. The van der Waals surface area contributed by atoms with E-state index in [1.807, 2.05) is 36.4 Å². The molecule has 4 rings (SSSR count). The first-order chi connectivity index (χ1) is 15.1. The zero-order valence-corrected chi connectivity index (χ0v) is 19.2. The van der Waals surface area contributed by atoms with Gasteiger partial charge in [-0.1, -0.05) is 53.0 Å². The lowest BCUT2D eigenvalue weighted by Gasteiger charge is -2.29. The molecule has 162 valence electrons. The van der Waals surface area contributed by atoms with Crippen LogP contribution in [0.4, 0.5) is 11.4 Å². The second-order valence-electron chi connectivity index (χ2n) is 7.30. The highest BCUT2D eigenvalue weighted by Gasteiger charge is 2.14. The fourth-order valence-electron chi connectivity index (χ4n) is 3.42. The fourth-order valence-corrected chi connectivity index (χ4v) is 4.04. The number of hydrogen-bond acceptors (Lipinski definition) is 4. The van der Waals surface area contributed by atoms with Crippen LogP contribution in [0, 0.1) is 0 Å². The van der Waals surface area contributed by atoms with Crippen molar-refractivity contribution in [3.8, 4) is 5.75 Å². The number of ether oxygens (including phenoxy) is 2. The summed E-state index contributed by atoms with van der Waals surface area (Å²) >= 11 is 18.6. The van der Waals surface area contributed by atoms with Gasteiger partial charge in [0.25, 0.3) is 0 Å². The van der Waals surface area contributed by atoms with Gasteiger partial charge in [0.2, 0.25) is 0 Å². The Morgan fingerprint density at radius 2 is 1.68 bits per heavy atom. The third-order valence-electron chi connectivity index (χ3n) is 5.08. The molecule has 1 aliphatic rings. The van der Waals surface area contributed by atoms with Gasteiger partial charge in [-0.2, -0.15) is 0 Å². The summed E-state index contributed by atoms with van der Waals surface area (Å²) in [7, 11) is 0. The molecule has 1 aliphatic heterocycles. The maximum absolute atomic E-state index is 6.53. The number of nitrogens with one attached hydrogen (secondary N) is 1. The van der Waals surface area contributed by atoms with Gasteiger partial charge in [-0.3, -0.25) is 0 Å². The standard InChI is InChI=1S/C24H23Cl3N2O2/c25-21-6-4-18(13-22(21)26)16-31-20-3-1-2-17(12-20)15-28-19-5-7-24(23(27)14-19)29-8-10-30-11-9-29/h1-7,12-14,28H,8-11,15-16H2. The highest BCUT2D eigenvalue weighted by Crippen LogP contribution is 2.30. The van der Waals surface area contributed by atoms with Crippen molar-refractivity contribution >= 4 is 46.2 Å². The van der Waals surface area contributed by atoms with E-state index in [-0.39, 0.29) is 0 Å². The third kappa shape index (κ3) is 5.98. The topological polar surface area (TPSA) is 33.7 Å². The van der Waals surface area contributed by atoms with Gasteiger partial charge in [-0.25, -0.2) is 0 Å². The lowest BCUT2D eigenvalue weighted by Crippen LogP contribution is -2.36. The molecule has 1 N–H and O–H groups in total. The van der Waals surface area contributed by atoms with E-state index in [1.54, 1.807) is 6.07 Å². The van der Waals surface area contributed by atoms with Gasteiger partial charge in [0.05, 0.1) is 34.0 Å². The van der Waals surface area contributed by atoms with Crippen LogP contribution < -0.4 is 15.0 Å². The van der Waals surface area contributed by atoms with E-state index in [4.69, 9.17) is 44.3 Å². The largest absolute Gasteiger partial charge is 0.489 e. The minimum atomic E-state index is 0.423. The van der Waals surface area contributed by atoms with Gasteiger partial charge in [0.15, 0.2) is 0 Å². The van der Waals surface area contributed by atoms with Crippen molar-refractivity contribution < 1.29 is 9.47 Å². The molecule has 0 aliphatic carbocycles. The summed E-state index contributed by atoms with van der Waals surface area (Å²) in [5, 5.41) is 5.24. The zero-order chi connectivity index (χ0) is 21.6. The van der Waals surface area contributed by atoms with Crippen molar-refractivity contribution in [2.45, 2.75) is 13.2 Å². The zero-order valence-electron chi connectivity index (χ0n) is 16.9. The van der Waals surface area contributed by atoms with Gasteiger partial charge < -0.3 is 19.7 Å². The summed E-state index contributed by atoms with van der Waals surface area (Å²) in [6.45, 7) is 4.28. The van der Waals surface area contributed by atoms with Crippen LogP contribution in [-0.2, 0) is 17.9 Å². The first-order valence-corrected chi connectivity index (χ1v) is 11.2. The lowest BCUT2D eigenvalue weighted by molar-refractivity contribution is 0.122. The average Bonchev–Trinajstić information content (AvgIpc) is 2.79. The molecule has 0 atom stereocenters. The summed E-state index contributed by atoms with van der Waals surface area (Å²) in [5.41, 5.74) is 4.10. The van der Waals surface area contributed by atoms with Crippen molar-refractivity contribution in [3.05, 3.63) is 86.9 Å². The van der Waals surface area contributed by atoms with E-state index in [1.165, 1.54) is 0 Å². The first-order valence-electron chi connectivity index (χ1n) is 10.1. The maximum atomic E-state index is 6.53. The van der Waals surface area contributed by atoms with Crippen molar-refractivity contribution in [2.75, 3.05) is 36.5 Å². The van der Waals surface area contributed by atoms with Crippen LogP contribution in [0.3, 0.4) is 0 Å². The molecule has 4 nitrogen and oxygen atoms in total. The molecular weight excluding hydrogens is 455 g/mol. The Balaban J connectivity index is 1.34. The quantitative estimate of drug-likeness (QED) is 0.412. The summed E-state index contributed by atoms with van der Waals surface area (Å²) < 4.78 is 11.3. The van der Waals surface area contributed by atoms with Gasteiger partial charge in [0, 0.05) is 25.3 Å². The molecule has 0 bridgehead atoms.